The Hall–Kier alpha value is -2.20. The average Bonchev–Trinajstić information content (AvgIpc) is 3.18. The lowest BCUT2D eigenvalue weighted by Crippen LogP contribution is -2.36. The minimum atomic E-state index is -4.13. The summed E-state index contributed by atoms with van der Waals surface area (Å²) in [7, 11) is -4.13. The zero-order chi connectivity index (χ0) is 21.1. The molecule has 30 heavy (non-hydrogen) atoms. The Bertz CT molecular complexity index is 1140. The number of halogens is 2. The van der Waals surface area contributed by atoms with Crippen molar-refractivity contribution >= 4 is 43.8 Å². The zero-order valence-corrected chi connectivity index (χ0v) is 18.3. The van der Waals surface area contributed by atoms with Crippen molar-refractivity contribution in [2.45, 2.75) is 24.4 Å². The number of rotatable bonds is 8. The molecule has 0 aliphatic carbocycles. The molecule has 2 N–H and O–H groups in total. The second kappa shape index (κ2) is 8.89. The number of hydrogen-bond donors (Lipinski definition) is 2. The molecule has 0 spiro atoms. The van der Waals surface area contributed by atoms with Crippen LogP contribution in [0.15, 0.2) is 52.9 Å². The Morgan fingerprint density at radius 3 is 2.63 bits per heavy atom. The molecule has 0 saturated carbocycles. The van der Waals surface area contributed by atoms with Gasteiger partial charge in [-0.1, -0.05) is 35.9 Å². The number of anilines is 2. The van der Waals surface area contributed by atoms with E-state index in [4.69, 9.17) is 11.6 Å². The average molecular weight is 467 g/mol. The van der Waals surface area contributed by atoms with Crippen molar-refractivity contribution < 1.29 is 12.8 Å². The largest absolute Gasteiger partial charge is 0.380 e. The molecular weight excluding hydrogens is 447 g/mol. The van der Waals surface area contributed by atoms with Crippen LogP contribution in [-0.2, 0) is 23.1 Å². The molecule has 4 rings (SSSR count). The van der Waals surface area contributed by atoms with Crippen LogP contribution in [0.1, 0.15) is 17.5 Å². The first-order valence-corrected chi connectivity index (χ1v) is 12.1. The number of sulfonamides is 1. The van der Waals surface area contributed by atoms with Gasteiger partial charge >= 0.3 is 0 Å². The molecule has 1 fully saturated rings. The number of nitrogens with one attached hydrogen (secondary N) is 2. The van der Waals surface area contributed by atoms with Gasteiger partial charge in [-0.25, -0.2) is 17.8 Å². The molecule has 10 heteroatoms. The van der Waals surface area contributed by atoms with Gasteiger partial charge < -0.3 is 5.32 Å². The fourth-order valence-electron chi connectivity index (χ4n) is 3.17. The summed E-state index contributed by atoms with van der Waals surface area (Å²) < 4.78 is 41.8. The van der Waals surface area contributed by atoms with Gasteiger partial charge in [0.15, 0.2) is 5.13 Å². The summed E-state index contributed by atoms with van der Waals surface area (Å²) in [6, 6.07) is 10.3. The third-order valence-electron chi connectivity index (χ3n) is 4.90. The predicted octanol–water partition coefficient (Wildman–Crippen LogP) is 4.55. The van der Waals surface area contributed by atoms with Crippen LogP contribution < -0.4 is 10.0 Å². The van der Waals surface area contributed by atoms with Crippen LogP contribution in [-0.4, -0.2) is 31.4 Å². The topological polar surface area (TPSA) is 74.3 Å². The van der Waals surface area contributed by atoms with Crippen LogP contribution >= 0.6 is 22.9 Å². The minimum absolute atomic E-state index is 0.121. The van der Waals surface area contributed by atoms with Crippen LogP contribution in [0.4, 0.5) is 15.2 Å². The van der Waals surface area contributed by atoms with E-state index in [2.05, 4.69) is 26.0 Å². The maximum absolute atomic E-state index is 14.6. The third-order valence-corrected chi connectivity index (χ3v) is 7.38. The van der Waals surface area contributed by atoms with Crippen LogP contribution in [0.25, 0.3) is 0 Å². The molecule has 1 aliphatic heterocycles. The summed E-state index contributed by atoms with van der Waals surface area (Å²) in [5.41, 5.74) is 2.62. The van der Waals surface area contributed by atoms with Crippen molar-refractivity contribution in [2.24, 2.45) is 0 Å². The fraction of sp³-hybridized carbons (Fsp3) is 0.250. The lowest BCUT2D eigenvalue weighted by atomic mass is 10.1. The van der Waals surface area contributed by atoms with Crippen LogP contribution in [0.2, 0.25) is 5.02 Å². The Labute approximate surface area is 183 Å². The monoisotopic (exact) mass is 466 g/mol. The molecule has 2 heterocycles. The Morgan fingerprint density at radius 1 is 1.20 bits per heavy atom. The number of likely N-dealkylation sites (tertiary alicyclic amines) is 1. The second-order valence-electron chi connectivity index (χ2n) is 6.96. The molecule has 1 saturated heterocycles. The first kappa shape index (κ1) is 21.0. The van der Waals surface area contributed by atoms with E-state index in [0.717, 1.165) is 48.7 Å². The molecule has 6 nitrogen and oxygen atoms in total. The number of nitrogens with zero attached hydrogens (tertiary/aromatic N) is 2. The Balaban J connectivity index is 1.50. The summed E-state index contributed by atoms with van der Waals surface area (Å²) in [5, 5.41) is 5.03. The third kappa shape index (κ3) is 4.75. The molecule has 0 unspecified atom stereocenters. The van der Waals surface area contributed by atoms with Gasteiger partial charge in [-0.15, -0.1) is 11.3 Å². The summed E-state index contributed by atoms with van der Waals surface area (Å²) in [6.45, 7) is 3.53. The van der Waals surface area contributed by atoms with E-state index >= 15 is 0 Å². The zero-order valence-electron chi connectivity index (χ0n) is 15.9. The SMILES string of the molecule is O=S(=O)(Nc1nccs1)c1cc(Cl)c(NCc2ccccc2CN2CCC2)cc1F. The molecule has 0 bridgehead atoms. The normalized spacial score (nSPS) is 14.3. The highest BCUT2D eigenvalue weighted by Crippen LogP contribution is 2.30. The predicted molar refractivity (Wildman–Crippen MR) is 118 cm³/mol. The highest BCUT2D eigenvalue weighted by molar-refractivity contribution is 7.93. The first-order valence-electron chi connectivity index (χ1n) is 9.37. The molecule has 0 radical (unpaired) electrons. The molecule has 2 aromatic carbocycles. The first-order chi connectivity index (χ1) is 14.4. The number of benzene rings is 2. The van der Waals surface area contributed by atoms with Gasteiger partial charge in [-0.3, -0.25) is 9.62 Å². The molecule has 0 atom stereocenters. The van der Waals surface area contributed by atoms with E-state index in [1.165, 1.54) is 18.2 Å². The minimum Gasteiger partial charge on any atom is -0.380 e. The summed E-state index contributed by atoms with van der Waals surface area (Å²) >= 11 is 7.37. The van der Waals surface area contributed by atoms with E-state index < -0.39 is 20.7 Å². The van der Waals surface area contributed by atoms with E-state index in [0.29, 0.717) is 12.2 Å². The molecule has 3 aromatic rings. The van der Waals surface area contributed by atoms with Crippen molar-refractivity contribution in [1.29, 1.82) is 0 Å². The molecule has 0 amide bonds. The maximum atomic E-state index is 14.6. The van der Waals surface area contributed by atoms with Gasteiger partial charge in [0.05, 0.1) is 10.7 Å². The second-order valence-corrected chi connectivity index (χ2v) is 9.91. The molecular formula is C20H20ClFN4O2S2. The molecule has 158 valence electrons. The summed E-state index contributed by atoms with van der Waals surface area (Å²) in [4.78, 5) is 5.70. The number of thiazole rings is 1. The van der Waals surface area contributed by atoms with Crippen molar-refractivity contribution in [2.75, 3.05) is 23.1 Å². The van der Waals surface area contributed by atoms with Crippen molar-refractivity contribution in [3.63, 3.8) is 0 Å². The highest BCUT2D eigenvalue weighted by atomic mass is 35.5. The maximum Gasteiger partial charge on any atom is 0.266 e. The standard InChI is InChI=1S/C20H20ClFN4O2S2/c21-16-10-19(30(27,28)25-20-23-6-9-29-20)17(22)11-18(16)24-12-14-4-1-2-5-15(14)13-26-7-3-8-26/h1-2,4-6,9-11,24H,3,7-8,12-13H2,(H,23,25). The highest BCUT2D eigenvalue weighted by Gasteiger charge is 2.22. The van der Waals surface area contributed by atoms with E-state index in [1.54, 1.807) is 5.38 Å². The molecule has 1 aromatic heterocycles. The van der Waals surface area contributed by atoms with Gasteiger partial charge in [-0.2, -0.15) is 0 Å². The van der Waals surface area contributed by atoms with Gasteiger partial charge in [0.25, 0.3) is 10.0 Å². The van der Waals surface area contributed by atoms with Gasteiger partial charge in [-0.05, 0) is 42.8 Å². The Kier molecular flexibility index (Phi) is 6.24. The Morgan fingerprint density at radius 2 is 1.97 bits per heavy atom. The molecule has 1 aliphatic rings. The van der Waals surface area contributed by atoms with Crippen LogP contribution in [0.5, 0.6) is 0 Å². The van der Waals surface area contributed by atoms with Gasteiger partial charge in [0.2, 0.25) is 0 Å². The van der Waals surface area contributed by atoms with E-state index in [9.17, 15) is 12.8 Å². The van der Waals surface area contributed by atoms with Crippen molar-refractivity contribution in [3.8, 4) is 0 Å². The smallest absolute Gasteiger partial charge is 0.266 e. The van der Waals surface area contributed by atoms with E-state index in [1.807, 2.05) is 18.2 Å². The lowest BCUT2D eigenvalue weighted by Gasteiger charge is -2.31. The quantitative estimate of drug-likeness (QED) is 0.509. The fourth-order valence-corrected chi connectivity index (χ4v) is 5.34. The van der Waals surface area contributed by atoms with Crippen molar-refractivity contribution in [3.05, 3.63) is 69.9 Å². The van der Waals surface area contributed by atoms with E-state index in [-0.39, 0.29) is 10.2 Å². The number of aromatic nitrogens is 1. The summed E-state index contributed by atoms with van der Waals surface area (Å²) in [6.07, 6.45) is 2.68. The number of hydrogen-bond acceptors (Lipinski definition) is 6. The summed E-state index contributed by atoms with van der Waals surface area (Å²) in [5.74, 6) is -0.889. The van der Waals surface area contributed by atoms with Crippen LogP contribution in [0.3, 0.4) is 0 Å². The van der Waals surface area contributed by atoms with Gasteiger partial charge in [0, 0.05) is 24.7 Å². The van der Waals surface area contributed by atoms with Gasteiger partial charge in [0.1, 0.15) is 10.7 Å². The lowest BCUT2D eigenvalue weighted by molar-refractivity contribution is 0.172. The van der Waals surface area contributed by atoms with Crippen molar-refractivity contribution in [1.82, 2.24) is 9.88 Å². The van der Waals surface area contributed by atoms with Crippen LogP contribution in [0, 0.1) is 5.82 Å².